The number of aryl methyl sites for hydroxylation is 2. The zero-order chi connectivity index (χ0) is 40.3. The van der Waals surface area contributed by atoms with E-state index in [9.17, 15) is 9.59 Å². The third-order valence-corrected chi connectivity index (χ3v) is 11.3. The summed E-state index contributed by atoms with van der Waals surface area (Å²) in [5, 5.41) is 14.6. The molecule has 6 aromatic rings. The second kappa shape index (κ2) is 19.6. The van der Waals surface area contributed by atoms with E-state index < -0.39 is 0 Å². The number of aromatic nitrogens is 5. The average molecular weight is 863 g/mol. The Hall–Kier alpha value is -5.80. The van der Waals surface area contributed by atoms with Crippen LogP contribution in [-0.2, 0) is 29.0 Å². The summed E-state index contributed by atoms with van der Waals surface area (Å²) in [6.07, 6.45) is 7.31. The Labute approximate surface area is 351 Å². The van der Waals surface area contributed by atoms with E-state index in [0.717, 1.165) is 98.8 Å². The summed E-state index contributed by atoms with van der Waals surface area (Å²) in [4.78, 5) is 51.3. The first kappa shape index (κ1) is 40.4. The Morgan fingerprint density at radius 3 is 1.83 bits per heavy atom. The molecule has 2 aliphatic rings. The van der Waals surface area contributed by atoms with Gasteiger partial charge in [-0.15, -0.1) is 11.3 Å². The number of benzene rings is 2. The highest BCUT2D eigenvalue weighted by Gasteiger charge is 2.17. The molecular formula is C43H48BrN11O2S. The van der Waals surface area contributed by atoms with Gasteiger partial charge in [0.2, 0.25) is 23.7 Å². The maximum Gasteiger partial charge on any atom is 0.230 e. The van der Waals surface area contributed by atoms with Crippen molar-refractivity contribution in [2.75, 3.05) is 57.2 Å². The van der Waals surface area contributed by atoms with E-state index in [1.165, 1.54) is 25.7 Å². The van der Waals surface area contributed by atoms with Crippen molar-refractivity contribution >= 4 is 79.7 Å². The minimum Gasteiger partial charge on any atom is -0.366 e. The number of nitrogens with zero attached hydrogens (tertiary/aromatic N) is 6. The maximum atomic E-state index is 12.2. The van der Waals surface area contributed by atoms with Crippen LogP contribution in [0.5, 0.6) is 0 Å². The lowest BCUT2D eigenvalue weighted by atomic mass is 10.2. The Balaban J connectivity index is 0.000000177. The number of rotatable bonds is 13. The van der Waals surface area contributed by atoms with Crippen molar-refractivity contribution in [3.8, 4) is 0 Å². The monoisotopic (exact) mass is 861 g/mol. The summed E-state index contributed by atoms with van der Waals surface area (Å²) < 4.78 is 1.01. The molecule has 0 aliphatic carbocycles. The molecule has 15 heteroatoms. The van der Waals surface area contributed by atoms with Gasteiger partial charge < -0.3 is 36.1 Å². The molecule has 4 aromatic heterocycles. The zero-order valence-electron chi connectivity index (χ0n) is 32.7. The zero-order valence-corrected chi connectivity index (χ0v) is 35.1. The maximum absolute atomic E-state index is 12.2. The summed E-state index contributed by atoms with van der Waals surface area (Å²) in [7, 11) is 0. The number of amides is 2. The molecule has 0 radical (unpaired) electrons. The van der Waals surface area contributed by atoms with E-state index in [4.69, 9.17) is 0 Å². The second-order valence-electron chi connectivity index (χ2n) is 14.4. The van der Waals surface area contributed by atoms with Gasteiger partial charge >= 0.3 is 0 Å². The Morgan fingerprint density at radius 2 is 1.26 bits per heavy atom. The van der Waals surface area contributed by atoms with Crippen LogP contribution in [0.15, 0.2) is 94.9 Å². The Bertz CT molecular complexity index is 2270. The van der Waals surface area contributed by atoms with Crippen LogP contribution in [0.3, 0.4) is 0 Å². The highest BCUT2D eigenvalue weighted by atomic mass is 79.9. The number of carbonyl (C=O) groups excluding carboxylic acids is 2. The summed E-state index contributed by atoms with van der Waals surface area (Å²) in [6.45, 7) is 8.72. The van der Waals surface area contributed by atoms with Crippen molar-refractivity contribution in [1.82, 2.24) is 24.9 Å². The van der Waals surface area contributed by atoms with E-state index in [2.05, 4.69) is 71.9 Å². The van der Waals surface area contributed by atoms with Gasteiger partial charge in [0.25, 0.3) is 0 Å². The SMILES string of the molecule is Cc1cc(NCc2ccc(NC(=O)Cc3cc(Br)cs3)cc2)nc(N2CCCC2)n1.Cc1cc(Nc2ccc(NC(=O)Cc3ccc[nH]3)cc2)nc(N2CCCC2)n1. The molecule has 2 aromatic carbocycles. The molecule has 2 fully saturated rings. The van der Waals surface area contributed by atoms with Crippen LogP contribution in [0.4, 0.5) is 40.6 Å². The van der Waals surface area contributed by atoms with Crippen LogP contribution in [0.2, 0.25) is 0 Å². The minimum absolute atomic E-state index is 0.0128. The molecule has 5 N–H and O–H groups in total. The lowest BCUT2D eigenvalue weighted by Crippen LogP contribution is -2.21. The molecule has 2 amide bonds. The van der Waals surface area contributed by atoms with E-state index in [0.29, 0.717) is 19.4 Å². The summed E-state index contributed by atoms with van der Waals surface area (Å²) in [5.41, 5.74) is 6.39. The van der Waals surface area contributed by atoms with E-state index in [-0.39, 0.29) is 11.8 Å². The van der Waals surface area contributed by atoms with Gasteiger partial charge in [0.05, 0.1) is 12.8 Å². The third-order valence-electron chi connectivity index (χ3n) is 9.58. The average Bonchev–Trinajstić information content (AvgIpc) is 4.05. The van der Waals surface area contributed by atoms with Gasteiger partial charge in [0.15, 0.2) is 0 Å². The number of H-pyrrole nitrogens is 1. The Morgan fingerprint density at radius 1 is 0.707 bits per heavy atom. The quantitative estimate of drug-likeness (QED) is 0.0762. The molecule has 13 nitrogen and oxygen atoms in total. The van der Waals surface area contributed by atoms with Crippen LogP contribution in [0.25, 0.3) is 0 Å². The van der Waals surface area contributed by atoms with Gasteiger partial charge in [0.1, 0.15) is 11.6 Å². The number of nitrogens with one attached hydrogen (secondary N) is 5. The molecule has 0 bridgehead atoms. The van der Waals surface area contributed by atoms with Crippen LogP contribution in [-0.4, -0.2) is 62.9 Å². The van der Waals surface area contributed by atoms with Gasteiger partial charge in [-0.05, 0) is 116 Å². The molecule has 58 heavy (non-hydrogen) atoms. The standard InChI is InChI=1S/C22H24BrN5OS.C21H24N6O/c1-15-10-20(27-22(25-15)28-8-2-3-9-28)24-13-16-4-6-18(7-5-16)26-21(29)12-19-11-17(23)14-30-19;1-15-13-19(26-21(23-15)27-11-2-3-12-27)24-16-6-8-17(9-7-16)25-20(28)14-18-5-4-10-22-18/h4-7,10-11,14H,2-3,8-9,12-13H2,1H3,(H,26,29)(H,24,25,27);4-10,13,22H,2-3,11-12,14H2,1H3,(H,25,28)(H,23,24,26). The van der Waals surface area contributed by atoms with Gasteiger partial charge in [-0.25, -0.2) is 9.97 Å². The number of hydrogen-bond donors (Lipinski definition) is 5. The van der Waals surface area contributed by atoms with Gasteiger partial charge in [0, 0.05) is 99.9 Å². The van der Waals surface area contributed by atoms with Crippen molar-refractivity contribution in [2.24, 2.45) is 0 Å². The fourth-order valence-electron chi connectivity index (χ4n) is 6.73. The van der Waals surface area contributed by atoms with Crippen LogP contribution in [0.1, 0.15) is 53.2 Å². The Kier molecular flexibility index (Phi) is 13.6. The van der Waals surface area contributed by atoms with E-state index in [1.54, 1.807) is 11.3 Å². The topological polar surface area (TPSA) is 156 Å². The summed E-state index contributed by atoms with van der Waals surface area (Å²) in [6, 6.07) is 25.2. The number of aromatic amines is 1. The van der Waals surface area contributed by atoms with Crippen LogP contribution >= 0.6 is 27.3 Å². The lowest BCUT2D eigenvalue weighted by Gasteiger charge is -2.17. The molecular weight excluding hydrogens is 815 g/mol. The normalized spacial score (nSPS) is 13.5. The highest BCUT2D eigenvalue weighted by Crippen LogP contribution is 2.24. The number of carbonyl (C=O) groups is 2. The molecule has 0 unspecified atom stereocenters. The number of hydrogen-bond acceptors (Lipinski definition) is 11. The number of anilines is 7. The molecule has 2 aliphatic heterocycles. The molecule has 0 saturated carbocycles. The number of thiophene rings is 1. The van der Waals surface area contributed by atoms with Crippen molar-refractivity contribution in [3.63, 3.8) is 0 Å². The first-order valence-electron chi connectivity index (χ1n) is 19.6. The van der Waals surface area contributed by atoms with Gasteiger partial charge in [-0.1, -0.05) is 12.1 Å². The first-order chi connectivity index (χ1) is 28.2. The largest absolute Gasteiger partial charge is 0.366 e. The van der Waals surface area contributed by atoms with E-state index in [1.807, 2.05) is 104 Å². The van der Waals surface area contributed by atoms with Crippen molar-refractivity contribution in [2.45, 2.75) is 58.9 Å². The summed E-state index contributed by atoms with van der Waals surface area (Å²) >= 11 is 4.99. The fourth-order valence-corrected chi connectivity index (χ4v) is 8.18. The van der Waals surface area contributed by atoms with Gasteiger partial charge in [-0.3, -0.25) is 9.59 Å². The molecule has 0 spiro atoms. The second-order valence-corrected chi connectivity index (χ2v) is 16.3. The molecule has 8 rings (SSSR count). The minimum atomic E-state index is -0.0511. The summed E-state index contributed by atoms with van der Waals surface area (Å²) in [5.74, 6) is 3.15. The predicted octanol–water partition coefficient (Wildman–Crippen LogP) is 8.64. The van der Waals surface area contributed by atoms with Crippen molar-refractivity contribution in [3.05, 3.63) is 122 Å². The predicted molar refractivity (Wildman–Crippen MR) is 237 cm³/mol. The van der Waals surface area contributed by atoms with Crippen LogP contribution < -0.4 is 31.1 Å². The lowest BCUT2D eigenvalue weighted by molar-refractivity contribution is -0.116. The molecule has 6 heterocycles. The first-order valence-corrected chi connectivity index (χ1v) is 21.2. The molecule has 0 atom stereocenters. The fraction of sp³-hybridized carbons (Fsp3) is 0.302. The highest BCUT2D eigenvalue weighted by molar-refractivity contribution is 9.10. The van der Waals surface area contributed by atoms with Gasteiger partial charge in [-0.2, -0.15) is 9.97 Å². The molecule has 300 valence electrons. The number of halogens is 1. The smallest absolute Gasteiger partial charge is 0.230 e. The van der Waals surface area contributed by atoms with Crippen LogP contribution in [0, 0.1) is 13.8 Å². The van der Waals surface area contributed by atoms with Crippen molar-refractivity contribution < 1.29 is 9.59 Å². The van der Waals surface area contributed by atoms with E-state index >= 15 is 0 Å². The molecule has 2 saturated heterocycles. The third kappa shape index (κ3) is 11.9. The van der Waals surface area contributed by atoms with Crippen molar-refractivity contribution in [1.29, 1.82) is 0 Å².